The molecule has 8 rings (SSSR count). The number of H-pyrrole nitrogens is 2. The van der Waals surface area contributed by atoms with Gasteiger partial charge in [0, 0.05) is 26.8 Å². The number of aromatic amines is 2. The third-order valence-corrected chi connectivity index (χ3v) is 9.45. The number of fused-ring (bicyclic) bond motifs is 11. The van der Waals surface area contributed by atoms with Crippen LogP contribution >= 0.6 is 11.3 Å². The van der Waals surface area contributed by atoms with Crippen LogP contribution in [0.15, 0.2) is 60.0 Å². The molecule has 4 aromatic carbocycles. The summed E-state index contributed by atoms with van der Waals surface area (Å²) in [6, 6.07) is 20.6. The molecule has 0 aliphatic heterocycles. The number of thiophene rings is 1. The largest absolute Gasteiger partial charge is 0.342 e. The maximum Gasteiger partial charge on any atom is 0.110 e. The molecule has 3 aromatic heterocycles. The fourth-order valence-electron chi connectivity index (χ4n) is 6.31. The van der Waals surface area contributed by atoms with Crippen LogP contribution in [0.25, 0.3) is 65.2 Å². The highest BCUT2D eigenvalue weighted by molar-refractivity contribution is 7.18. The van der Waals surface area contributed by atoms with Gasteiger partial charge in [-0.2, -0.15) is 0 Å². The van der Waals surface area contributed by atoms with Crippen LogP contribution in [-0.2, 0) is 12.8 Å². The third kappa shape index (κ3) is 3.08. The van der Waals surface area contributed by atoms with Crippen LogP contribution in [0, 0.1) is 6.92 Å². The predicted molar refractivity (Wildman–Crippen MR) is 160 cm³/mol. The Morgan fingerprint density at radius 1 is 0.842 bits per heavy atom. The van der Waals surface area contributed by atoms with E-state index >= 15 is 0 Å². The summed E-state index contributed by atoms with van der Waals surface area (Å²) in [6.07, 6.45) is 3.14. The molecule has 0 bridgehead atoms. The summed E-state index contributed by atoms with van der Waals surface area (Å²) in [5.74, 6) is 2.48. The van der Waals surface area contributed by atoms with Gasteiger partial charge >= 0.3 is 0 Å². The Bertz CT molecular complexity index is 2050. The first-order valence-electron chi connectivity index (χ1n) is 13.5. The van der Waals surface area contributed by atoms with Crippen molar-refractivity contribution in [2.75, 3.05) is 0 Å². The number of imidazole rings is 2. The Morgan fingerprint density at radius 2 is 1.68 bits per heavy atom. The van der Waals surface area contributed by atoms with Gasteiger partial charge in [0.15, 0.2) is 0 Å². The lowest BCUT2D eigenvalue weighted by Gasteiger charge is -2.21. The molecule has 1 aliphatic carbocycles. The van der Waals surface area contributed by atoms with Crippen molar-refractivity contribution in [2.45, 2.75) is 46.0 Å². The van der Waals surface area contributed by atoms with Gasteiger partial charge in [0.2, 0.25) is 0 Å². The molecule has 1 aliphatic rings. The highest BCUT2D eigenvalue weighted by Crippen LogP contribution is 2.41. The van der Waals surface area contributed by atoms with Crippen LogP contribution in [0.4, 0.5) is 0 Å². The summed E-state index contributed by atoms with van der Waals surface area (Å²) >= 11 is 1.81. The molecule has 186 valence electrons. The zero-order valence-corrected chi connectivity index (χ0v) is 22.6. The molecule has 38 heavy (non-hydrogen) atoms. The van der Waals surface area contributed by atoms with Crippen LogP contribution in [0.2, 0.25) is 0 Å². The minimum atomic E-state index is 0.416. The molecule has 0 spiro atoms. The van der Waals surface area contributed by atoms with Gasteiger partial charge in [-0.3, -0.25) is 0 Å². The Kier molecular flexibility index (Phi) is 4.66. The summed E-state index contributed by atoms with van der Waals surface area (Å²) in [7, 11) is 0. The molecule has 0 fully saturated rings. The van der Waals surface area contributed by atoms with E-state index in [9.17, 15) is 0 Å². The van der Waals surface area contributed by atoms with E-state index in [1.165, 1.54) is 54.2 Å². The van der Waals surface area contributed by atoms with E-state index in [2.05, 4.69) is 83.8 Å². The minimum absolute atomic E-state index is 0.416. The van der Waals surface area contributed by atoms with E-state index in [0.29, 0.717) is 5.92 Å². The Morgan fingerprint density at radius 3 is 2.58 bits per heavy atom. The monoisotopic (exact) mass is 512 g/mol. The number of nitrogens with one attached hydrogen (secondary N) is 2. The van der Waals surface area contributed by atoms with E-state index in [-0.39, 0.29) is 0 Å². The Hall–Kier alpha value is -3.96. The van der Waals surface area contributed by atoms with E-state index in [1.807, 2.05) is 18.3 Å². The normalized spacial score (nSPS) is 14.0. The number of nitrogens with zero attached hydrogens (tertiary/aromatic N) is 2. The topological polar surface area (TPSA) is 57.4 Å². The average molecular weight is 513 g/mol. The van der Waals surface area contributed by atoms with Gasteiger partial charge in [-0.25, -0.2) is 9.97 Å². The third-order valence-electron chi connectivity index (χ3n) is 8.51. The van der Waals surface area contributed by atoms with Crippen molar-refractivity contribution in [1.82, 2.24) is 19.9 Å². The molecule has 0 saturated carbocycles. The molecule has 0 amide bonds. The first kappa shape index (κ1) is 22.1. The van der Waals surface area contributed by atoms with E-state index in [1.54, 1.807) is 0 Å². The Labute approximate surface area is 224 Å². The van der Waals surface area contributed by atoms with Crippen molar-refractivity contribution in [1.29, 1.82) is 0 Å². The van der Waals surface area contributed by atoms with Crippen LogP contribution in [0.5, 0.6) is 0 Å². The molecule has 4 nitrogen and oxygen atoms in total. The number of aryl methyl sites for hydroxylation is 3. The molecule has 1 unspecified atom stereocenters. The maximum absolute atomic E-state index is 5.05. The van der Waals surface area contributed by atoms with Crippen molar-refractivity contribution < 1.29 is 0 Å². The zero-order valence-electron chi connectivity index (χ0n) is 21.8. The van der Waals surface area contributed by atoms with E-state index < -0.39 is 0 Å². The quantitative estimate of drug-likeness (QED) is 0.248. The molecule has 0 saturated heterocycles. The van der Waals surface area contributed by atoms with E-state index in [0.717, 1.165) is 53.0 Å². The fraction of sp³-hybridized carbons (Fsp3) is 0.212. The van der Waals surface area contributed by atoms with Gasteiger partial charge in [0.05, 0.1) is 22.1 Å². The number of benzene rings is 4. The summed E-state index contributed by atoms with van der Waals surface area (Å²) in [4.78, 5) is 16.9. The molecule has 5 heteroatoms. The number of aromatic nitrogens is 4. The van der Waals surface area contributed by atoms with Crippen molar-refractivity contribution in [2.24, 2.45) is 0 Å². The number of hydrogen-bond donors (Lipinski definition) is 2. The van der Waals surface area contributed by atoms with Gasteiger partial charge in [0.1, 0.15) is 11.6 Å². The zero-order chi connectivity index (χ0) is 25.5. The number of rotatable bonds is 3. The van der Waals surface area contributed by atoms with Crippen LogP contribution in [-0.4, -0.2) is 19.9 Å². The van der Waals surface area contributed by atoms with Crippen LogP contribution < -0.4 is 0 Å². The number of hydrogen-bond acceptors (Lipinski definition) is 3. The summed E-state index contributed by atoms with van der Waals surface area (Å²) < 4.78 is 1.32. The second-order valence-electron chi connectivity index (χ2n) is 10.8. The van der Waals surface area contributed by atoms with Crippen LogP contribution in [0.3, 0.4) is 0 Å². The molecule has 3 heterocycles. The molecule has 1 atom stereocenters. The fourth-order valence-corrected chi connectivity index (χ4v) is 7.23. The van der Waals surface area contributed by atoms with Crippen molar-refractivity contribution in [3.8, 4) is 22.3 Å². The first-order valence-corrected chi connectivity index (χ1v) is 14.4. The van der Waals surface area contributed by atoms with Crippen molar-refractivity contribution in [3.63, 3.8) is 0 Å². The molecule has 2 N–H and O–H groups in total. The van der Waals surface area contributed by atoms with Crippen molar-refractivity contribution >= 4 is 54.3 Å². The second kappa shape index (κ2) is 8.02. The first-order chi connectivity index (χ1) is 18.6. The summed E-state index contributed by atoms with van der Waals surface area (Å²) in [5, 5.41) is 6.01. The second-order valence-corrected chi connectivity index (χ2v) is 11.7. The summed E-state index contributed by atoms with van der Waals surface area (Å²) in [6.45, 7) is 6.50. The smallest absolute Gasteiger partial charge is 0.110 e. The standard InChI is InChI=1S/C33H28N4S/c1-4-17(2)33-36-30-25-9-6-20(16-27(25)32-26(13-14-38-32)31(30)37-33)19-5-8-22-21(15-19)7-10-24-23(22)11-12-28-29(24)35-18(3)34-28/h5-6,8-9,11-17H,4,7,10H2,1-3H3,(H,34,35)(H,36,37). The Balaban J connectivity index is 1.28. The van der Waals surface area contributed by atoms with E-state index in [4.69, 9.17) is 9.97 Å². The highest BCUT2D eigenvalue weighted by atomic mass is 32.1. The lowest BCUT2D eigenvalue weighted by molar-refractivity contribution is 0.692. The van der Waals surface area contributed by atoms with Crippen molar-refractivity contribution in [3.05, 3.63) is 82.8 Å². The minimum Gasteiger partial charge on any atom is -0.342 e. The molecular weight excluding hydrogens is 484 g/mol. The average Bonchev–Trinajstić information content (AvgIpc) is 3.69. The van der Waals surface area contributed by atoms with Gasteiger partial charge in [-0.15, -0.1) is 11.3 Å². The SMILES string of the molecule is CCC(C)c1nc2c3ccsc3c3cc(-c4ccc5c(c4)CCc4c-5ccc5[nH]c(C)nc45)ccc3c2[nH]1. The maximum atomic E-state index is 5.05. The summed E-state index contributed by atoms with van der Waals surface area (Å²) in [5.41, 5.74) is 12.5. The van der Waals surface area contributed by atoms with Gasteiger partial charge in [0.25, 0.3) is 0 Å². The predicted octanol–water partition coefficient (Wildman–Crippen LogP) is 9.06. The molecular formula is C33H28N4S. The lowest BCUT2D eigenvalue weighted by atomic mass is 9.83. The lowest BCUT2D eigenvalue weighted by Crippen LogP contribution is -2.05. The highest BCUT2D eigenvalue weighted by Gasteiger charge is 2.21. The van der Waals surface area contributed by atoms with Crippen LogP contribution in [0.1, 0.15) is 49.0 Å². The van der Waals surface area contributed by atoms with Gasteiger partial charge in [-0.05, 0) is 83.1 Å². The molecule has 7 aromatic rings. The molecule has 0 radical (unpaired) electrons. The van der Waals surface area contributed by atoms with Gasteiger partial charge in [-0.1, -0.05) is 50.2 Å². The van der Waals surface area contributed by atoms with Gasteiger partial charge < -0.3 is 9.97 Å².